The molecule has 2 fully saturated rings. The number of nitrogens with zero attached hydrogens (tertiary/aromatic N) is 2. The van der Waals surface area contributed by atoms with E-state index < -0.39 is 0 Å². The largest absolute Gasteiger partial charge is 0.447 e. The average molecular weight is 357 g/mol. The van der Waals surface area contributed by atoms with Crippen LogP contribution in [0.5, 0.6) is 0 Å². The Bertz CT molecular complexity index is 746. The lowest BCUT2D eigenvalue weighted by Crippen LogP contribution is -2.43. The molecular weight excluding hydrogens is 334 g/mol. The van der Waals surface area contributed by atoms with Crippen molar-refractivity contribution in [1.82, 2.24) is 4.90 Å². The van der Waals surface area contributed by atoms with Crippen LogP contribution in [0.2, 0.25) is 0 Å². The lowest BCUT2D eigenvalue weighted by molar-refractivity contribution is -0.130. The molecule has 0 aromatic heterocycles. The van der Waals surface area contributed by atoms with Crippen LogP contribution in [0.4, 0.5) is 16.2 Å². The third-order valence-electron chi connectivity index (χ3n) is 4.83. The Morgan fingerprint density at radius 3 is 2.85 bits per heavy atom. The Balaban J connectivity index is 1.71. The smallest absolute Gasteiger partial charge is 0.414 e. The molecule has 1 N–H and O–H groups in total. The van der Waals surface area contributed by atoms with Gasteiger partial charge >= 0.3 is 6.09 Å². The number of hydrogen-bond acceptors (Lipinski definition) is 4. The van der Waals surface area contributed by atoms with Crippen LogP contribution in [0.15, 0.2) is 30.9 Å². The summed E-state index contributed by atoms with van der Waals surface area (Å²) in [5, 5.41) is 2.95. The quantitative estimate of drug-likeness (QED) is 0.839. The predicted octanol–water partition coefficient (Wildman–Crippen LogP) is 2.31. The summed E-state index contributed by atoms with van der Waals surface area (Å²) >= 11 is 0. The molecule has 1 aromatic rings. The Morgan fingerprint density at radius 2 is 2.15 bits per heavy atom. The number of nitrogens with one attached hydrogen (secondary N) is 1. The van der Waals surface area contributed by atoms with Crippen molar-refractivity contribution in [2.75, 3.05) is 36.5 Å². The first-order chi connectivity index (χ1) is 12.5. The Labute approximate surface area is 152 Å². The van der Waals surface area contributed by atoms with Crippen molar-refractivity contribution in [2.45, 2.75) is 19.8 Å². The minimum absolute atomic E-state index is 0.115. The lowest BCUT2D eigenvalue weighted by Gasteiger charge is -2.31. The number of aryl methyl sites for hydroxylation is 1. The molecule has 2 aliphatic heterocycles. The van der Waals surface area contributed by atoms with Crippen LogP contribution < -0.4 is 10.2 Å². The van der Waals surface area contributed by atoms with Gasteiger partial charge in [-0.3, -0.25) is 14.5 Å². The number of amides is 3. The highest BCUT2D eigenvalue weighted by molar-refractivity contribution is 5.96. The molecule has 0 saturated carbocycles. The van der Waals surface area contributed by atoms with E-state index in [-0.39, 0.29) is 23.8 Å². The molecule has 7 nitrogen and oxygen atoms in total. The monoisotopic (exact) mass is 357 g/mol. The number of benzene rings is 1. The van der Waals surface area contributed by atoms with Crippen LogP contribution in [0.1, 0.15) is 18.4 Å². The first kappa shape index (κ1) is 18.0. The van der Waals surface area contributed by atoms with E-state index in [1.165, 1.54) is 6.08 Å². The van der Waals surface area contributed by atoms with Gasteiger partial charge in [-0.05, 0) is 43.5 Å². The molecule has 2 aliphatic rings. The van der Waals surface area contributed by atoms with Crippen molar-refractivity contribution >= 4 is 29.3 Å². The molecule has 3 rings (SSSR count). The maximum absolute atomic E-state index is 12.7. The third-order valence-corrected chi connectivity index (χ3v) is 4.83. The summed E-state index contributed by atoms with van der Waals surface area (Å²) in [4.78, 5) is 39.4. The molecule has 1 atom stereocenters. The molecule has 3 amide bonds. The summed E-state index contributed by atoms with van der Waals surface area (Å²) in [7, 11) is 0. The van der Waals surface area contributed by atoms with Crippen molar-refractivity contribution in [1.29, 1.82) is 0 Å². The van der Waals surface area contributed by atoms with E-state index in [9.17, 15) is 14.4 Å². The van der Waals surface area contributed by atoms with E-state index in [1.54, 1.807) is 15.9 Å². The molecule has 0 bridgehead atoms. The van der Waals surface area contributed by atoms with Crippen molar-refractivity contribution in [3.05, 3.63) is 36.4 Å². The standard InChI is InChI=1S/C19H23N3O4/c1-3-17(23)21-8-4-5-14(12-21)18(24)20-16-11-15(7-6-13(16)2)22-9-10-26-19(22)25/h3,6-7,11,14H,1,4-5,8-10,12H2,2H3,(H,20,24). The molecular formula is C19H23N3O4. The molecule has 0 spiro atoms. The van der Waals surface area contributed by atoms with E-state index >= 15 is 0 Å². The molecule has 0 radical (unpaired) electrons. The Hall–Kier alpha value is -2.83. The SMILES string of the molecule is C=CC(=O)N1CCCC(C(=O)Nc2cc(N3CCOC3=O)ccc2C)C1. The summed E-state index contributed by atoms with van der Waals surface area (Å²) in [6, 6.07) is 5.49. The van der Waals surface area contributed by atoms with Crippen LogP contribution in [0.25, 0.3) is 0 Å². The normalized spacial score (nSPS) is 19.9. The number of hydrogen-bond donors (Lipinski definition) is 1. The highest BCUT2D eigenvalue weighted by Gasteiger charge is 2.28. The zero-order chi connectivity index (χ0) is 18.7. The van der Waals surface area contributed by atoms with Crippen molar-refractivity contribution < 1.29 is 19.1 Å². The van der Waals surface area contributed by atoms with Gasteiger partial charge in [0.25, 0.3) is 0 Å². The van der Waals surface area contributed by atoms with Gasteiger partial charge in [0, 0.05) is 24.5 Å². The van der Waals surface area contributed by atoms with Gasteiger partial charge in [-0.2, -0.15) is 0 Å². The fraction of sp³-hybridized carbons (Fsp3) is 0.421. The number of likely N-dealkylation sites (tertiary alicyclic amines) is 1. The van der Waals surface area contributed by atoms with Crippen LogP contribution in [0, 0.1) is 12.8 Å². The molecule has 0 aliphatic carbocycles. The van der Waals surface area contributed by atoms with Gasteiger partial charge in [0.05, 0.1) is 12.5 Å². The molecule has 2 saturated heterocycles. The fourth-order valence-corrected chi connectivity index (χ4v) is 3.30. The summed E-state index contributed by atoms with van der Waals surface area (Å²) in [6.45, 7) is 7.31. The number of cyclic esters (lactones) is 1. The minimum atomic E-state index is -0.378. The number of rotatable bonds is 4. The minimum Gasteiger partial charge on any atom is -0.447 e. The highest BCUT2D eigenvalue weighted by atomic mass is 16.6. The van der Waals surface area contributed by atoms with Gasteiger partial charge in [-0.25, -0.2) is 4.79 Å². The van der Waals surface area contributed by atoms with Gasteiger partial charge < -0.3 is 15.0 Å². The number of carbonyl (C=O) groups excluding carboxylic acids is 3. The van der Waals surface area contributed by atoms with E-state index in [1.807, 2.05) is 19.1 Å². The number of ether oxygens (including phenoxy) is 1. The second-order valence-electron chi connectivity index (χ2n) is 6.58. The molecule has 138 valence electrons. The van der Waals surface area contributed by atoms with Gasteiger partial charge in [-0.15, -0.1) is 0 Å². The van der Waals surface area contributed by atoms with Crippen molar-refractivity contribution in [2.24, 2.45) is 5.92 Å². The third kappa shape index (κ3) is 3.71. The van der Waals surface area contributed by atoms with Crippen LogP contribution in [-0.4, -0.2) is 49.0 Å². The van der Waals surface area contributed by atoms with E-state index in [2.05, 4.69) is 11.9 Å². The van der Waals surface area contributed by atoms with E-state index in [0.717, 1.165) is 18.4 Å². The van der Waals surface area contributed by atoms with E-state index in [4.69, 9.17) is 4.74 Å². The zero-order valence-electron chi connectivity index (χ0n) is 14.9. The first-order valence-corrected chi connectivity index (χ1v) is 8.76. The second-order valence-corrected chi connectivity index (χ2v) is 6.58. The fourth-order valence-electron chi connectivity index (χ4n) is 3.30. The van der Waals surface area contributed by atoms with Crippen molar-refractivity contribution in [3.8, 4) is 0 Å². The maximum atomic E-state index is 12.7. The summed E-state index contributed by atoms with van der Waals surface area (Å²) in [6.07, 6.45) is 2.43. The number of carbonyl (C=O) groups is 3. The molecule has 26 heavy (non-hydrogen) atoms. The van der Waals surface area contributed by atoms with Gasteiger partial charge in [0.1, 0.15) is 6.61 Å². The Morgan fingerprint density at radius 1 is 1.35 bits per heavy atom. The lowest BCUT2D eigenvalue weighted by atomic mass is 9.96. The van der Waals surface area contributed by atoms with Gasteiger partial charge in [0.15, 0.2) is 0 Å². The van der Waals surface area contributed by atoms with Crippen LogP contribution >= 0.6 is 0 Å². The summed E-state index contributed by atoms with van der Waals surface area (Å²) in [5.74, 6) is -0.517. The number of piperidine rings is 1. The van der Waals surface area contributed by atoms with Crippen LogP contribution in [-0.2, 0) is 14.3 Å². The zero-order valence-corrected chi connectivity index (χ0v) is 14.9. The summed E-state index contributed by atoms with van der Waals surface area (Å²) < 4.78 is 4.97. The molecule has 2 heterocycles. The first-order valence-electron chi connectivity index (χ1n) is 8.76. The second kappa shape index (κ2) is 7.59. The molecule has 1 unspecified atom stereocenters. The highest BCUT2D eigenvalue weighted by Crippen LogP contribution is 2.27. The predicted molar refractivity (Wildman–Crippen MR) is 98.0 cm³/mol. The van der Waals surface area contributed by atoms with Gasteiger partial charge in [-0.1, -0.05) is 12.6 Å². The van der Waals surface area contributed by atoms with Crippen molar-refractivity contribution in [3.63, 3.8) is 0 Å². The van der Waals surface area contributed by atoms with Gasteiger partial charge in [0.2, 0.25) is 11.8 Å². The van der Waals surface area contributed by atoms with Crippen LogP contribution in [0.3, 0.4) is 0 Å². The molecule has 1 aromatic carbocycles. The summed E-state index contributed by atoms with van der Waals surface area (Å²) in [5.41, 5.74) is 2.27. The topological polar surface area (TPSA) is 79.0 Å². The Kier molecular flexibility index (Phi) is 5.25. The van der Waals surface area contributed by atoms with E-state index in [0.29, 0.717) is 37.6 Å². The maximum Gasteiger partial charge on any atom is 0.414 e. The molecule has 7 heteroatoms. The number of anilines is 2. The average Bonchev–Trinajstić information content (AvgIpc) is 3.09.